The molecule has 0 aromatic heterocycles. The highest BCUT2D eigenvalue weighted by Gasteiger charge is 2.12. The third-order valence-corrected chi connectivity index (χ3v) is 5.90. The summed E-state index contributed by atoms with van der Waals surface area (Å²) < 4.78 is 31.8. The highest BCUT2D eigenvalue weighted by atomic mass is 79.9. The van der Waals surface area contributed by atoms with E-state index in [4.69, 9.17) is 4.55 Å². The highest BCUT2D eigenvalue weighted by molar-refractivity contribution is 9.10. The van der Waals surface area contributed by atoms with Crippen LogP contribution in [0.2, 0.25) is 0 Å². The summed E-state index contributed by atoms with van der Waals surface area (Å²) in [5, 5.41) is 11.0. The SMILES string of the molecule is Cc1ccc(C(C)C)c(O)c1Br.O=S(=O)(O)c1cccc2ccccc12. The Morgan fingerprint density at radius 1 is 0.962 bits per heavy atom. The molecule has 0 radical (unpaired) electrons. The van der Waals surface area contributed by atoms with Crippen molar-refractivity contribution in [1.82, 2.24) is 0 Å². The van der Waals surface area contributed by atoms with Crippen LogP contribution in [0.5, 0.6) is 5.75 Å². The maximum atomic E-state index is 11.0. The number of fused-ring (bicyclic) bond motifs is 1. The van der Waals surface area contributed by atoms with Crippen LogP contribution in [0.1, 0.15) is 30.9 Å². The summed E-state index contributed by atoms with van der Waals surface area (Å²) in [6, 6.07) is 15.8. The van der Waals surface area contributed by atoms with Gasteiger partial charge in [-0.1, -0.05) is 62.4 Å². The van der Waals surface area contributed by atoms with Crippen molar-refractivity contribution in [3.05, 3.63) is 70.2 Å². The molecule has 26 heavy (non-hydrogen) atoms. The van der Waals surface area contributed by atoms with Crippen LogP contribution in [0.25, 0.3) is 10.8 Å². The third-order valence-electron chi connectivity index (χ3n) is 3.99. The number of hydrogen-bond acceptors (Lipinski definition) is 3. The molecule has 0 saturated heterocycles. The van der Waals surface area contributed by atoms with Crippen molar-refractivity contribution in [2.45, 2.75) is 31.6 Å². The lowest BCUT2D eigenvalue weighted by Gasteiger charge is -2.10. The maximum absolute atomic E-state index is 11.0. The minimum Gasteiger partial charge on any atom is -0.506 e. The first-order valence-electron chi connectivity index (χ1n) is 8.06. The smallest absolute Gasteiger partial charge is 0.295 e. The first kappa shape index (κ1) is 20.4. The Kier molecular flexibility index (Phi) is 6.44. The molecule has 0 unspecified atom stereocenters. The highest BCUT2D eigenvalue weighted by Crippen LogP contribution is 2.34. The Morgan fingerprint density at radius 2 is 1.58 bits per heavy atom. The molecule has 0 spiro atoms. The lowest BCUT2D eigenvalue weighted by Crippen LogP contribution is -1.98. The van der Waals surface area contributed by atoms with E-state index < -0.39 is 10.1 Å². The van der Waals surface area contributed by atoms with Gasteiger partial charge in [0.05, 0.1) is 4.47 Å². The van der Waals surface area contributed by atoms with E-state index in [2.05, 4.69) is 29.8 Å². The largest absolute Gasteiger partial charge is 0.506 e. The molecule has 0 aliphatic rings. The van der Waals surface area contributed by atoms with Gasteiger partial charge in [0.1, 0.15) is 10.6 Å². The summed E-state index contributed by atoms with van der Waals surface area (Å²) in [6.07, 6.45) is 0. The van der Waals surface area contributed by atoms with E-state index in [0.29, 0.717) is 17.1 Å². The predicted molar refractivity (Wildman–Crippen MR) is 108 cm³/mol. The van der Waals surface area contributed by atoms with E-state index >= 15 is 0 Å². The van der Waals surface area contributed by atoms with Gasteiger partial charge in [-0.25, -0.2) is 0 Å². The summed E-state index contributed by atoms with van der Waals surface area (Å²) in [6.45, 7) is 6.10. The number of rotatable bonds is 2. The van der Waals surface area contributed by atoms with Crippen LogP contribution in [0, 0.1) is 6.92 Å². The molecule has 0 heterocycles. The van der Waals surface area contributed by atoms with Gasteiger partial charge in [0, 0.05) is 5.39 Å². The van der Waals surface area contributed by atoms with E-state index in [-0.39, 0.29) is 4.90 Å². The predicted octanol–water partition coefficient (Wildman–Crippen LogP) is 5.67. The second-order valence-corrected chi connectivity index (χ2v) is 8.42. The number of aryl methyl sites for hydroxylation is 1. The fourth-order valence-electron chi connectivity index (χ4n) is 2.57. The van der Waals surface area contributed by atoms with Crippen molar-refractivity contribution in [3.63, 3.8) is 0 Å². The number of hydrogen-bond donors (Lipinski definition) is 2. The lowest BCUT2D eigenvalue weighted by atomic mass is 10.0. The van der Waals surface area contributed by atoms with Gasteiger partial charge in [-0.2, -0.15) is 8.42 Å². The van der Waals surface area contributed by atoms with E-state index in [9.17, 15) is 13.5 Å². The van der Waals surface area contributed by atoms with Gasteiger partial charge >= 0.3 is 0 Å². The molecule has 0 aliphatic carbocycles. The molecule has 138 valence electrons. The second kappa shape index (κ2) is 8.20. The van der Waals surface area contributed by atoms with Crippen molar-refractivity contribution in [1.29, 1.82) is 0 Å². The van der Waals surface area contributed by atoms with Gasteiger partial charge in [-0.3, -0.25) is 4.55 Å². The Labute approximate surface area is 162 Å². The summed E-state index contributed by atoms with van der Waals surface area (Å²) in [7, 11) is -4.13. The Morgan fingerprint density at radius 3 is 2.19 bits per heavy atom. The minimum atomic E-state index is -4.13. The molecule has 2 N–H and O–H groups in total. The molecule has 0 fully saturated rings. The van der Waals surface area contributed by atoms with E-state index in [0.717, 1.165) is 21.0 Å². The molecule has 0 amide bonds. The standard InChI is InChI=1S/C10H13BrO.C10H8O3S/c1-6(2)8-5-4-7(3)9(11)10(8)12;11-14(12,13)10-7-3-5-8-4-1-2-6-9(8)10/h4-6,12H,1-3H3;1-7H,(H,11,12,13). The Bertz CT molecular complexity index is 1020. The molecular formula is C20H21BrO4S. The zero-order valence-electron chi connectivity index (χ0n) is 14.8. The van der Waals surface area contributed by atoms with Crippen LogP contribution in [-0.4, -0.2) is 18.1 Å². The molecule has 0 aliphatic heterocycles. The van der Waals surface area contributed by atoms with E-state index in [1.54, 1.807) is 30.3 Å². The number of phenols is 1. The summed E-state index contributed by atoms with van der Waals surface area (Å²) >= 11 is 3.35. The first-order chi connectivity index (χ1) is 12.1. The van der Waals surface area contributed by atoms with E-state index in [1.165, 1.54) is 6.07 Å². The van der Waals surface area contributed by atoms with Crippen LogP contribution < -0.4 is 0 Å². The molecule has 0 bridgehead atoms. The van der Waals surface area contributed by atoms with Crippen LogP contribution in [0.15, 0.2) is 64.0 Å². The number of phenolic OH excluding ortho intramolecular Hbond substituents is 1. The van der Waals surface area contributed by atoms with Crippen LogP contribution in [-0.2, 0) is 10.1 Å². The topological polar surface area (TPSA) is 74.6 Å². The third kappa shape index (κ3) is 4.63. The lowest BCUT2D eigenvalue weighted by molar-refractivity contribution is 0.461. The average Bonchev–Trinajstić information content (AvgIpc) is 2.58. The summed E-state index contributed by atoms with van der Waals surface area (Å²) in [5.41, 5.74) is 2.06. The molecule has 3 aromatic carbocycles. The normalized spacial score (nSPS) is 11.3. The maximum Gasteiger partial charge on any atom is 0.295 e. The zero-order chi connectivity index (χ0) is 19.5. The van der Waals surface area contributed by atoms with Gasteiger partial charge in [0.25, 0.3) is 10.1 Å². The van der Waals surface area contributed by atoms with Gasteiger partial charge in [0.2, 0.25) is 0 Å². The van der Waals surface area contributed by atoms with Gasteiger partial charge in [0.15, 0.2) is 0 Å². The number of halogens is 1. The van der Waals surface area contributed by atoms with Crippen LogP contribution in [0.3, 0.4) is 0 Å². The van der Waals surface area contributed by atoms with Gasteiger partial charge < -0.3 is 5.11 Å². The fraction of sp³-hybridized carbons (Fsp3) is 0.200. The summed E-state index contributed by atoms with van der Waals surface area (Å²) in [4.78, 5) is -0.0457. The molecule has 3 rings (SSSR count). The van der Waals surface area contributed by atoms with Gasteiger partial charge in [-0.15, -0.1) is 0 Å². The zero-order valence-corrected chi connectivity index (χ0v) is 17.2. The van der Waals surface area contributed by atoms with Crippen molar-refractivity contribution in [3.8, 4) is 5.75 Å². The molecule has 0 saturated carbocycles. The number of aromatic hydroxyl groups is 1. The Balaban J connectivity index is 0.000000190. The second-order valence-electron chi connectivity index (χ2n) is 6.24. The van der Waals surface area contributed by atoms with E-state index in [1.807, 2.05) is 25.1 Å². The van der Waals surface area contributed by atoms with Crippen molar-refractivity contribution in [2.24, 2.45) is 0 Å². The minimum absolute atomic E-state index is 0.0457. The molecule has 6 heteroatoms. The van der Waals surface area contributed by atoms with Crippen molar-refractivity contribution in [2.75, 3.05) is 0 Å². The quantitative estimate of drug-likeness (QED) is 0.507. The monoisotopic (exact) mass is 436 g/mol. The summed E-state index contributed by atoms with van der Waals surface area (Å²) in [5.74, 6) is 0.742. The van der Waals surface area contributed by atoms with Gasteiger partial charge in [-0.05, 0) is 51.4 Å². The molecule has 3 aromatic rings. The van der Waals surface area contributed by atoms with Crippen LogP contribution in [0.4, 0.5) is 0 Å². The number of benzene rings is 3. The van der Waals surface area contributed by atoms with Crippen molar-refractivity contribution < 1.29 is 18.1 Å². The van der Waals surface area contributed by atoms with Crippen molar-refractivity contribution >= 4 is 36.8 Å². The average molecular weight is 437 g/mol. The molecule has 0 atom stereocenters. The van der Waals surface area contributed by atoms with Crippen LogP contribution >= 0.6 is 15.9 Å². The Hall–Kier alpha value is -1.89. The fourth-order valence-corrected chi connectivity index (χ4v) is 3.64. The molecular weight excluding hydrogens is 416 g/mol. The first-order valence-corrected chi connectivity index (χ1v) is 10.3. The molecule has 4 nitrogen and oxygen atoms in total.